The van der Waals surface area contributed by atoms with Gasteiger partial charge in [-0.2, -0.15) is 0 Å². The second-order valence-electron chi connectivity index (χ2n) is 4.59. The molecule has 0 aromatic rings. The fraction of sp³-hybridized carbons (Fsp3) is 0.800. The van der Waals surface area contributed by atoms with Crippen LogP contribution >= 0.6 is 0 Å². The second-order valence-corrected chi connectivity index (χ2v) is 4.59. The fourth-order valence-electron chi connectivity index (χ4n) is 1.95. The van der Waals surface area contributed by atoms with E-state index in [1.165, 1.54) is 0 Å². The molecule has 16 heavy (non-hydrogen) atoms. The molecular weight excluding hydrogens is 208 g/mol. The van der Waals surface area contributed by atoms with Crippen molar-refractivity contribution in [3.05, 3.63) is 0 Å². The van der Waals surface area contributed by atoms with Crippen molar-refractivity contribution in [1.82, 2.24) is 15.2 Å². The van der Waals surface area contributed by atoms with E-state index in [4.69, 9.17) is 5.84 Å². The van der Waals surface area contributed by atoms with Crippen molar-refractivity contribution in [3.63, 3.8) is 0 Å². The van der Waals surface area contributed by atoms with Gasteiger partial charge in [0.25, 0.3) is 0 Å². The molecule has 2 amide bonds. The standard InChI is InChI=1S/C10H20N4O2/c1-10(2)9(16)13(3)6-7-14(10)5-4-8(15)12-11/h4-7,11H2,1-3H3,(H,12,15). The molecule has 0 radical (unpaired) electrons. The lowest BCUT2D eigenvalue weighted by Gasteiger charge is -2.44. The van der Waals surface area contributed by atoms with E-state index in [2.05, 4.69) is 5.43 Å². The normalized spacial score (nSPS) is 21.0. The molecular formula is C10H20N4O2. The van der Waals surface area contributed by atoms with Crippen LogP contribution in [-0.2, 0) is 9.59 Å². The molecule has 92 valence electrons. The Morgan fingerprint density at radius 3 is 2.69 bits per heavy atom. The molecule has 6 nitrogen and oxygen atoms in total. The zero-order valence-electron chi connectivity index (χ0n) is 10.1. The molecule has 1 saturated heterocycles. The maximum absolute atomic E-state index is 11.9. The Bertz CT molecular complexity index is 291. The SMILES string of the molecule is CN1CCN(CCC(=O)NN)C(C)(C)C1=O. The summed E-state index contributed by atoms with van der Waals surface area (Å²) >= 11 is 0. The van der Waals surface area contributed by atoms with Gasteiger partial charge in [0, 0.05) is 33.1 Å². The third-order valence-corrected chi connectivity index (χ3v) is 3.14. The van der Waals surface area contributed by atoms with Crippen LogP contribution in [0.15, 0.2) is 0 Å². The number of piperazine rings is 1. The number of carbonyl (C=O) groups is 2. The number of nitrogens with two attached hydrogens (primary N) is 1. The minimum absolute atomic E-state index is 0.0897. The second kappa shape index (κ2) is 4.80. The highest BCUT2D eigenvalue weighted by atomic mass is 16.2. The fourth-order valence-corrected chi connectivity index (χ4v) is 1.95. The van der Waals surface area contributed by atoms with E-state index in [9.17, 15) is 9.59 Å². The van der Waals surface area contributed by atoms with Crippen LogP contribution in [0.4, 0.5) is 0 Å². The molecule has 1 rings (SSSR count). The highest BCUT2D eigenvalue weighted by Gasteiger charge is 2.40. The Kier molecular flexibility index (Phi) is 3.88. The van der Waals surface area contributed by atoms with Crippen molar-refractivity contribution in [3.8, 4) is 0 Å². The summed E-state index contributed by atoms with van der Waals surface area (Å²) in [5.41, 5.74) is 1.55. The number of nitrogens with zero attached hydrogens (tertiary/aromatic N) is 2. The van der Waals surface area contributed by atoms with Gasteiger partial charge in [-0.1, -0.05) is 0 Å². The lowest BCUT2D eigenvalue weighted by Crippen LogP contribution is -2.62. The first-order valence-corrected chi connectivity index (χ1v) is 5.39. The van der Waals surface area contributed by atoms with E-state index in [0.29, 0.717) is 19.5 Å². The summed E-state index contributed by atoms with van der Waals surface area (Å²) in [6.45, 7) is 5.80. The third kappa shape index (κ3) is 2.51. The van der Waals surface area contributed by atoms with E-state index in [1.807, 2.05) is 18.7 Å². The molecule has 3 N–H and O–H groups in total. The summed E-state index contributed by atoms with van der Waals surface area (Å²) in [5.74, 6) is 4.89. The van der Waals surface area contributed by atoms with Crippen molar-refractivity contribution in [1.29, 1.82) is 0 Å². The number of hydrogen-bond acceptors (Lipinski definition) is 4. The summed E-state index contributed by atoms with van der Waals surface area (Å²) < 4.78 is 0. The van der Waals surface area contributed by atoms with Crippen molar-refractivity contribution in [2.45, 2.75) is 25.8 Å². The molecule has 0 spiro atoms. The maximum Gasteiger partial charge on any atom is 0.242 e. The predicted molar refractivity (Wildman–Crippen MR) is 60.2 cm³/mol. The number of carbonyl (C=O) groups excluding carboxylic acids is 2. The van der Waals surface area contributed by atoms with Gasteiger partial charge in [0.15, 0.2) is 0 Å². The number of rotatable bonds is 3. The lowest BCUT2D eigenvalue weighted by molar-refractivity contribution is -0.147. The molecule has 1 fully saturated rings. The monoisotopic (exact) mass is 228 g/mol. The summed E-state index contributed by atoms with van der Waals surface area (Å²) in [5, 5.41) is 0. The Labute approximate surface area is 95.7 Å². The molecule has 1 heterocycles. The van der Waals surface area contributed by atoms with Gasteiger partial charge < -0.3 is 4.90 Å². The van der Waals surface area contributed by atoms with Crippen LogP contribution in [-0.4, -0.2) is 53.8 Å². The predicted octanol–water partition coefficient (Wildman–Crippen LogP) is -1.08. The van der Waals surface area contributed by atoms with Crippen LogP contribution in [0, 0.1) is 0 Å². The van der Waals surface area contributed by atoms with Gasteiger partial charge >= 0.3 is 0 Å². The number of hydrazine groups is 1. The van der Waals surface area contributed by atoms with Gasteiger partial charge in [0.1, 0.15) is 0 Å². The highest BCUT2D eigenvalue weighted by Crippen LogP contribution is 2.21. The van der Waals surface area contributed by atoms with Gasteiger partial charge in [-0.25, -0.2) is 5.84 Å². The van der Waals surface area contributed by atoms with Gasteiger partial charge in [0.2, 0.25) is 11.8 Å². The average Bonchev–Trinajstić information content (AvgIpc) is 2.24. The number of hydrogen-bond donors (Lipinski definition) is 2. The van der Waals surface area contributed by atoms with Crippen LogP contribution in [0.3, 0.4) is 0 Å². The van der Waals surface area contributed by atoms with Gasteiger partial charge in [-0.05, 0) is 13.8 Å². The van der Waals surface area contributed by atoms with E-state index in [0.717, 1.165) is 6.54 Å². The smallest absolute Gasteiger partial charge is 0.242 e. The molecule has 0 aromatic heterocycles. The van der Waals surface area contributed by atoms with Crippen LogP contribution in [0.1, 0.15) is 20.3 Å². The molecule has 6 heteroatoms. The molecule has 1 aliphatic rings. The first-order chi connectivity index (χ1) is 7.39. The van der Waals surface area contributed by atoms with Gasteiger partial charge in [-0.3, -0.25) is 19.9 Å². The Morgan fingerprint density at radius 2 is 2.12 bits per heavy atom. The molecule has 0 atom stereocenters. The van der Waals surface area contributed by atoms with Gasteiger partial charge in [-0.15, -0.1) is 0 Å². The van der Waals surface area contributed by atoms with Crippen LogP contribution in [0.5, 0.6) is 0 Å². The number of likely N-dealkylation sites (N-methyl/N-ethyl adjacent to an activating group) is 1. The molecule has 0 aliphatic carbocycles. The lowest BCUT2D eigenvalue weighted by atomic mass is 9.97. The quantitative estimate of drug-likeness (QED) is 0.366. The Morgan fingerprint density at radius 1 is 1.50 bits per heavy atom. The summed E-state index contributed by atoms with van der Waals surface area (Å²) in [6.07, 6.45) is 0.316. The van der Waals surface area contributed by atoms with Crippen molar-refractivity contribution < 1.29 is 9.59 Å². The summed E-state index contributed by atoms with van der Waals surface area (Å²) in [4.78, 5) is 26.7. The van der Waals surface area contributed by atoms with Crippen molar-refractivity contribution in [2.24, 2.45) is 5.84 Å². The van der Waals surface area contributed by atoms with E-state index in [1.54, 1.807) is 11.9 Å². The Balaban J connectivity index is 2.60. The topological polar surface area (TPSA) is 78.7 Å². The van der Waals surface area contributed by atoms with Crippen LogP contribution < -0.4 is 11.3 Å². The molecule has 0 bridgehead atoms. The number of amides is 2. The molecule has 0 saturated carbocycles. The zero-order valence-corrected chi connectivity index (χ0v) is 10.1. The van der Waals surface area contributed by atoms with E-state index >= 15 is 0 Å². The first-order valence-electron chi connectivity index (χ1n) is 5.39. The van der Waals surface area contributed by atoms with Crippen LogP contribution in [0.25, 0.3) is 0 Å². The molecule has 0 unspecified atom stereocenters. The largest absolute Gasteiger partial charge is 0.343 e. The Hall–Kier alpha value is -1.14. The maximum atomic E-state index is 11.9. The van der Waals surface area contributed by atoms with Gasteiger partial charge in [0.05, 0.1) is 5.54 Å². The van der Waals surface area contributed by atoms with Crippen LogP contribution in [0.2, 0.25) is 0 Å². The first kappa shape index (κ1) is 12.9. The van der Waals surface area contributed by atoms with E-state index < -0.39 is 5.54 Å². The molecule has 1 aliphatic heterocycles. The minimum Gasteiger partial charge on any atom is -0.343 e. The summed E-state index contributed by atoms with van der Waals surface area (Å²) in [6, 6.07) is 0. The number of nitrogens with one attached hydrogen (secondary N) is 1. The van der Waals surface area contributed by atoms with Crippen molar-refractivity contribution in [2.75, 3.05) is 26.7 Å². The third-order valence-electron chi connectivity index (χ3n) is 3.14. The highest BCUT2D eigenvalue weighted by molar-refractivity contribution is 5.86. The average molecular weight is 228 g/mol. The minimum atomic E-state index is -0.540. The molecule has 0 aromatic carbocycles. The summed E-state index contributed by atoms with van der Waals surface area (Å²) in [7, 11) is 1.80. The van der Waals surface area contributed by atoms with Crippen molar-refractivity contribution >= 4 is 11.8 Å². The zero-order chi connectivity index (χ0) is 12.3. The van der Waals surface area contributed by atoms with E-state index in [-0.39, 0.29) is 11.8 Å².